The van der Waals surface area contributed by atoms with Crippen LogP contribution >= 0.6 is 35.7 Å². The standard InChI is InChI=1S/C17H33N5O2S.HI/c1-3-19-16(20-13-17(25-2)6-10-24-11-7-17)21-14-4-8-22(9-5-14)12-15(18)23;/h14H,3-13H2,1-2H3,(H2,18,23)(H2,19,20,21);1H. The number of guanidine groups is 1. The Morgan fingerprint density at radius 1 is 1.35 bits per heavy atom. The average Bonchev–Trinajstić information content (AvgIpc) is 2.62. The lowest BCUT2D eigenvalue weighted by molar-refractivity contribution is -0.119. The van der Waals surface area contributed by atoms with E-state index in [9.17, 15) is 4.79 Å². The van der Waals surface area contributed by atoms with Crippen LogP contribution in [-0.4, -0.2) is 79.7 Å². The molecule has 0 atom stereocenters. The van der Waals surface area contributed by atoms with Gasteiger partial charge in [-0.25, -0.2) is 0 Å². The number of nitrogens with one attached hydrogen (secondary N) is 2. The van der Waals surface area contributed by atoms with Crippen LogP contribution in [0.25, 0.3) is 0 Å². The number of ether oxygens (including phenoxy) is 1. The molecule has 2 aliphatic rings. The number of nitrogens with two attached hydrogens (primary N) is 1. The fourth-order valence-corrected chi connectivity index (χ4v) is 4.13. The molecule has 9 heteroatoms. The lowest BCUT2D eigenvalue weighted by Crippen LogP contribution is -2.50. The maximum atomic E-state index is 11.0. The van der Waals surface area contributed by atoms with Crippen molar-refractivity contribution in [2.75, 3.05) is 52.2 Å². The van der Waals surface area contributed by atoms with Gasteiger partial charge >= 0.3 is 0 Å². The van der Waals surface area contributed by atoms with Crippen LogP contribution in [0.15, 0.2) is 4.99 Å². The van der Waals surface area contributed by atoms with Gasteiger partial charge in [0.25, 0.3) is 0 Å². The van der Waals surface area contributed by atoms with E-state index >= 15 is 0 Å². The fraction of sp³-hybridized carbons (Fsp3) is 0.882. The van der Waals surface area contributed by atoms with Gasteiger partial charge in [-0.2, -0.15) is 11.8 Å². The summed E-state index contributed by atoms with van der Waals surface area (Å²) in [7, 11) is 0. The monoisotopic (exact) mass is 499 g/mol. The van der Waals surface area contributed by atoms with Crippen LogP contribution in [0, 0.1) is 0 Å². The Morgan fingerprint density at radius 2 is 2.00 bits per heavy atom. The van der Waals surface area contributed by atoms with E-state index in [1.54, 1.807) is 0 Å². The van der Waals surface area contributed by atoms with Crippen LogP contribution in [0.3, 0.4) is 0 Å². The Balaban J connectivity index is 0.00000338. The molecule has 0 bridgehead atoms. The first-order chi connectivity index (χ1) is 12.1. The molecule has 0 aromatic heterocycles. The number of hydrogen-bond donors (Lipinski definition) is 3. The highest BCUT2D eigenvalue weighted by Gasteiger charge is 2.31. The molecule has 26 heavy (non-hydrogen) atoms. The van der Waals surface area contributed by atoms with Crippen molar-refractivity contribution in [3.8, 4) is 0 Å². The zero-order valence-electron chi connectivity index (χ0n) is 16.0. The van der Waals surface area contributed by atoms with Crippen LogP contribution in [-0.2, 0) is 9.53 Å². The molecule has 4 N–H and O–H groups in total. The lowest BCUT2D eigenvalue weighted by Gasteiger charge is -2.35. The van der Waals surface area contributed by atoms with Crippen molar-refractivity contribution in [3.63, 3.8) is 0 Å². The van der Waals surface area contributed by atoms with Crippen LogP contribution in [0.2, 0.25) is 0 Å². The first-order valence-electron chi connectivity index (χ1n) is 9.25. The number of aliphatic imine (C=N–C) groups is 1. The first kappa shape index (κ1) is 23.8. The molecular weight excluding hydrogens is 465 g/mol. The molecule has 2 heterocycles. The highest BCUT2D eigenvalue weighted by molar-refractivity contribution is 14.0. The molecule has 0 saturated carbocycles. The van der Waals surface area contributed by atoms with Gasteiger partial charge in [0.15, 0.2) is 5.96 Å². The second-order valence-corrected chi connectivity index (χ2v) is 8.13. The number of hydrogen-bond acceptors (Lipinski definition) is 5. The number of thioether (sulfide) groups is 1. The summed E-state index contributed by atoms with van der Waals surface area (Å²) >= 11 is 1.91. The topological polar surface area (TPSA) is 92.0 Å². The summed E-state index contributed by atoms with van der Waals surface area (Å²) in [6.07, 6.45) is 6.29. The minimum absolute atomic E-state index is 0. The second kappa shape index (κ2) is 12.2. The quantitative estimate of drug-likeness (QED) is 0.275. The van der Waals surface area contributed by atoms with Gasteiger partial charge in [0.1, 0.15) is 0 Å². The van der Waals surface area contributed by atoms with Crippen LogP contribution < -0.4 is 16.4 Å². The summed E-state index contributed by atoms with van der Waals surface area (Å²) in [5.41, 5.74) is 5.28. The molecule has 0 radical (unpaired) electrons. The summed E-state index contributed by atoms with van der Waals surface area (Å²) in [4.78, 5) is 18.0. The van der Waals surface area contributed by atoms with Gasteiger partial charge < -0.3 is 21.1 Å². The summed E-state index contributed by atoms with van der Waals surface area (Å²) in [6, 6.07) is 0.391. The predicted molar refractivity (Wildman–Crippen MR) is 119 cm³/mol. The van der Waals surface area contributed by atoms with Gasteiger partial charge in [0.05, 0.1) is 13.1 Å². The molecule has 152 valence electrons. The summed E-state index contributed by atoms with van der Waals surface area (Å²) < 4.78 is 5.71. The maximum absolute atomic E-state index is 11.0. The van der Waals surface area contributed by atoms with E-state index in [2.05, 4.69) is 28.7 Å². The SMILES string of the molecule is CCNC(=NCC1(SC)CCOCC1)NC1CCN(CC(N)=O)CC1.I. The molecule has 1 amide bonds. The van der Waals surface area contributed by atoms with Gasteiger partial charge in [-0.1, -0.05) is 0 Å². The number of carbonyl (C=O) groups is 1. The van der Waals surface area contributed by atoms with Crippen molar-refractivity contribution in [2.45, 2.75) is 43.4 Å². The largest absolute Gasteiger partial charge is 0.381 e. The van der Waals surface area contributed by atoms with Crippen LogP contribution in [0.5, 0.6) is 0 Å². The number of rotatable bonds is 7. The van der Waals surface area contributed by atoms with E-state index in [1.807, 2.05) is 11.8 Å². The molecule has 0 unspecified atom stereocenters. The van der Waals surface area contributed by atoms with E-state index in [1.165, 1.54) is 0 Å². The Hall–Kier alpha value is -0.260. The normalized spacial score (nSPS) is 21.7. The zero-order valence-corrected chi connectivity index (χ0v) is 19.1. The number of halogens is 1. The Morgan fingerprint density at radius 3 is 2.54 bits per heavy atom. The van der Waals surface area contributed by atoms with Gasteiger partial charge in [0.2, 0.25) is 5.91 Å². The summed E-state index contributed by atoms with van der Waals surface area (Å²) in [5, 5.41) is 6.93. The molecule has 2 fully saturated rings. The molecule has 2 saturated heterocycles. The molecule has 0 aromatic rings. The minimum Gasteiger partial charge on any atom is -0.381 e. The first-order valence-corrected chi connectivity index (χ1v) is 10.5. The average molecular weight is 499 g/mol. The number of primary amides is 1. The van der Waals surface area contributed by atoms with E-state index in [0.29, 0.717) is 12.6 Å². The third kappa shape index (κ3) is 7.77. The van der Waals surface area contributed by atoms with Crippen molar-refractivity contribution in [3.05, 3.63) is 0 Å². The highest BCUT2D eigenvalue weighted by atomic mass is 127. The third-order valence-corrected chi connectivity index (χ3v) is 6.42. The molecule has 0 aromatic carbocycles. The Kier molecular flexibility index (Phi) is 11.2. The Bertz CT molecular complexity index is 452. The predicted octanol–water partition coefficient (Wildman–Crippen LogP) is 1.02. The molecule has 0 spiro atoms. The van der Waals surface area contributed by atoms with Crippen molar-refractivity contribution in [1.29, 1.82) is 0 Å². The van der Waals surface area contributed by atoms with Crippen molar-refractivity contribution >= 4 is 47.6 Å². The van der Waals surface area contributed by atoms with Crippen LogP contribution in [0.4, 0.5) is 0 Å². The molecule has 7 nitrogen and oxygen atoms in total. The molecule has 0 aliphatic carbocycles. The van der Waals surface area contributed by atoms with Gasteiger partial charge in [0, 0.05) is 43.6 Å². The number of nitrogens with zero attached hydrogens (tertiary/aromatic N) is 2. The van der Waals surface area contributed by atoms with Gasteiger partial charge in [-0.3, -0.25) is 14.7 Å². The van der Waals surface area contributed by atoms with Crippen molar-refractivity contribution < 1.29 is 9.53 Å². The zero-order chi connectivity index (χ0) is 18.1. The summed E-state index contributed by atoms with van der Waals surface area (Å²) in [6.45, 7) is 7.56. The number of piperidine rings is 1. The van der Waals surface area contributed by atoms with Gasteiger partial charge in [-0.15, -0.1) is 24.0 Å². The van der Waals surface area contributed by atoms with Crippen LogP contribution in [0.1, 0.15) is 32.6 Å². The van der Waals surface area contributed by atoms with Crippen molar-refractivity contribution in [1.82, 2.24) is 15.5 Å². The van der Waals surface area contributed by atoms with E-state index in [4.69, 9.17) is 15.5 Å². The van der Waals surface area contributed by atoms with E-state index in [-0.39, 0.29) is 34.6 Å². The molecule has 2 rings (SSSR count). The minimum atomic E-state index is -0.250. The van der Waals surface area contributed by atoms with Gasteiger partial charge in [-0.05, 0) is 38.9 Å². The summed E-state index contributed by atoms with van der Waals surface area (Å²) in [5.74, 6) is 0.649. The Labute approximate surface area is 178 Å². The van der Waals surface area contributed by atoms with E-state index in [0.717, 1.165) is 71.0 Å². The van der Waals surface area contributed by atoms with E-state index < -0.39 is 0 Å². The van der Waals surface area contributed by atoms with Crippen molar-refractivity contribution in [2.24, 2.45) is 10.7 Å². The molecular formula is C17H34IN5O2S. The third-order valence-electron chi connectivity index (χ3n) is 5.01. The number of carbonyl (C=O) groups excluding carboxylic acids is 1. The number of likely N-dealkylation sites (tertiary alicyclic amines) is 1. The molecule has 2 aliphatic heterocycles. The fourth-order valence-electron chi connectivity index (χ4n) is 3.36. The lowest BCUT2D eigenvalue weighted by atomic mass is 9.99. The maximum Gasteiger partial charge on any atom is 0.231 e. The second-order valence-electron chi connectivity index (χ2n) is 6.86. The highest BCUT2D eigenvalue weighted by Crippen LogP contribution is 2.33. The number of amides is 1. The smallest absolute Gasteiger partial charge is 0.231 e.